The molecule has 9 nitrogen and oxygen atoms in total. The molecule has 3 rings (SSSR count). The fourth-order valence-electron chi connectivity index (χ4n) is 2.41. The summed E-state index contributed by atoms with van der Waals surface area (Å²) in [6.07, 6.45) is -1.89. The van der Waals surface area contributed by atoms with E-state index in [-0.39, 0.29) is 18.9 Å². The number of nitrogens with two attached hydrogens (primary N) is 1. The minimum atomic E-state index is -1.59. The highest BCUT2D eigenvalue weighted by Gasteiger charge is 2.36. The number of nitrogens with one attached hydrogen (secondary N) is 1. The fraction of sp³-hybridized carbons (Fsp3) is 0.286. The monoisotopic (exact) mass is 371 g/mol. The van der Waals surface area contributed by atoms with E-state index in [0.717, 1.165) is 0 Å². The third kappa shape index (κ3) is 3.12. The van der Waals surface area contributed by atoms with E-state index in [1.165, 1.54) is 6.92 Å². The number of halogens is 3. The van der Waals surface area contributed by atoms with Crippen LogP contribution < -0.4 is 16.0 Å². The van der Waals surface area contributed by atoms with Crippen molar-refractivity contribution in [1.29, 1.82) is 0 Å². The molecular weight excluding hydrogens is 359 g/mol. The standard InChI is InChI=1S/C14H12F3N5O4/c1-5-20-12(26-21-5)9-7(15)2-8(10(16)11(9)17)22-4-6(25-14(22)24)3-19-13(18)23/h2,6H,3-4H2,1H3,(H3,18,19,23). The Labute approximate surface area is 143 Å². The molecule has 1 saturated heterocycles. The van der Waals surface area contributed by atoms with Gasteiger partial charge in [0.1, 0.15) is 17.5 Å². The number of nitrogens with zero attached hydrogens (tertiary/aromatic N) is 3. The normalized spacial score (nSPS) is 16.7. The van der Waals surface area contributed by atoms with Crippen LogP contribution in [0.15, 0.2) is 10.6 Å². The summed E-state index contributed by atoms with van der Waals surface area (Å²) in [4.78, 5) is 26.9. The molecule has 0 aliphatic carbocycles. The van der Waals surface area contributed by atoms with Gasteiger partial charge in [0.2, 0.25) is 0 Å². The Hall–Kier alpha value is -3.31. The topological polar surface area (TPSA) is 124 Å². The zero-order valence-corrected chi connectivity index (χ0v) is 13.3. The van der Waals surface area contributed by atoms with Crippen LogP contribution in [0, 0.1) is 24.4 Å². The Bertz CT molecular complexity index is 888. The summed E-state index contributed by atoms with van der Waals surface area (Å²) in [5.74, 6) is -4.70. The van der Waals surface area contributed by atoms with Crippen molar-refractivity contribution in [3.05, 3.63) is 29.3 Å². The Kier molecular flexibility index (Phi) is 4.40. The molecule has 1 atom stereocenters. The number of carbonyl (C=O) groups excluding carboxylic acids is 2. The second kappa shape index (κ2) is 6.54. The van der Waals surface area contributed by atoms with Crippen LogP contribution in [0.2, 0.25) is 0 Å². The number of anilines is 1. The lowest BCUT2D eigenvalue weighted by Gasteiger charge is -2.15. The summed E-state index contributed by atoms with van der Waals surface area (Å²) in [6, 6.07) is -0.222. The lowest BCUT2D eigenvalue weighted by Crippen LogP contribution is -2.37. The van der Waals surface area contributed by atoms with Crippen LogP contribution in [0.1, 0.15) is 5.82 Å². The number of amides is 3. The van der Waals surface area contributed by atoms with Gasteiger partial charge in [0, 0.05) is 6.07 Å². The molecule has 0 bridgehead atoms. The first-order chi connectivity index (χ1) is 12.3. The number of ether oxygens (including phenoxy) is 1. The van der Waals surface area contributed by atoms with Gasteiger partial charge in [0.15, 0.2) is 17.5 Å². The molecule has 0 saturated carbocycles. The van der Waals surface area contributed by atoms with Gasteiger partial charge < -0.3 is 20.3 Å². The smallest absolute Gasteiger partial charge is 0.414 e. The van der Waals surface area contributed by atoms with Gasteiger partial charge in [-0.3, -0.25) is 4.90 Å². The van der Waals surface area contributed by atoms with Gasteiger partial charge in [-0.1, -0.05) is 5.16 Å². The average Bonchev–Trinajstić information content (AvgIpc) is 3.15. The third-order valence-electron chi connectivity index (χ3n) is 3.55. The van der Waals surface area contributed by atoms with Crippen LogP contribution in [0.4, 0.5) is 28.4 Å². The summed E-state index contributed by atoms with van der Waals surface area (Å²) in [5.41, 5.74) is 3.40. The number of rotatable bonds is 4. The van der Waals surface area contributed by atoms with E-state index >= 15 is 0 Å². The molecule has 1 unspecified atom stereocenters. The van der Waals surface area contributed by atoms with Gasteiger partial charge >= 0.3 is 12.1 Å². The lowest BCUT2D eigenvalue weighted by molar-refractivity contribution is 0.141. The highest BCUT2D eigenvalue weighted by Crippen LogP contribution is 2.34. The highest BCUT2D eigenvalue weighted by molar-refractivity contribution is 5.90. The Morgan fingerprint density at radius 2 is 2.15 bits per heavy atom. The minimum absolute atomic E-state index is 0.108. The van der Waals surface area contributed by atoms with Crippen LogP contribution in [0.3, 0.4) is 0 Å². The van der Waals surface area contributed by atoms with E-state index in [0.29, 0.717) is 11.0 Å². The summed E-state index contributed by atoms with van der Waals surface area (Å²) < 4.78 is 52.7. The SMILES string of the molecule is Cc1noc(-c2c(F)cc(N3CC(CNC(N)=O)OC3=O)c(F)c2F)n1. The Morgan fingerprint density at radius 1 is 1.42 bits per heavy atom. The van der Waals surface area contributed by atoms with E-state index in [1.54, 1.807) is 0 Å². The summed E-state index contributed by atoms with van der Waals surface area (Å²) in [5, 5.41) is 5.61. The lowest BCUT2D eigenvalue weighted by atomic mass is 10.1. The molecular formula is C14H12F3N5O4. The van der Waals surface area contributed by atoms with Crippen LogP contribution >= 0.6 is 0 Å². The molecule has 3 amide bonds. The largest absolute Gasteiger partial charge is 0.442 e. The highest BCUT2D eigenvalue weighted by atomic mass is 19.2. The van der Waals surface area contributed by atoms with Crippen molar-refractivity contribution in [3.8, 4) is 11.5 Å². The summed E-state index contributed by atoms with van der Waals surface area (Å²) in [6.45, 7) is 1.05. The number of primary amides is 1. The van der Waals surface area contributed by atoms with Crippen molar-refractivity contribution in [2.75, 3.05) is 18.0 Å². The predicted octanol–water partition coefficient (Wildman–Crippen LogP) is 1.46. The van der Waals surface area contributed by atoms with Gasteiger partial charge in [-0.2, -0.15) is 4.98 Å². The maximum Gasteiger partial charge on any atom is 0.414 e. The van der Waals surface area contributed by atoms with Gasteiger partial charge in [0.25, 0.3) is 5.89 Å². The first kappa shape index (κ1) is 17.5. The molecule has 1 aliphatic heterocycles. The fourth-order valence-corrected chi connectivity index (χ4v) is 2.41. The van der Waals surface area contributed by atoms with Crippen molar-refractivity contribution in [3.63, 3.8) is 0 Å². The number of benzene rings is 1. The molecule has 1 aromatic carbocycles. The molecule has 2 heterocycles. The molecule has 12 heteroatoms. The van der Waals surface area contributed by atoms with Gasteiger partial charge in [-0.05, 0) is 6.92 Å². The molecule has 138 valence electrons. The second-order valence-electron chi connectivity index (χ2n) is 5.39. The zero-order valence-electron chi connectivity index (χ0n) is 13.3. The molecule has 0 radical (unpaired) electrons. The molecule has 2 aromatic rings. The number of urea groups is 1. The number of aryl methyl sites for hydroxylation is 1. The minimum Gasteiger partial charge on any atom is -0.442 e. The number of aromatic nitrogens is 2. The van der Waals surface area contributed by atoms with Crippen LogP contribution in [0.5, 0.6) is 0 Å². The Morgan fingerprint density at radius 3 is 2.77 bits per heavy atom. The number of hydrogen-bond donors (Lipinski definition) is 2. The first-order valence-electron chi connectivity index (χ1n) is 7.27. The molecule has 26 heavy (non-hydrogen) atoms. The van der Waals surface area contributed by atoms with Crippen molar-refractivity contribution < 1.29 is 32.0 Å². The third-order valence-corrected chi connectivity index (χ3v) is 3.55. The van der Waals surface area contributed by atoms with Gasteiger partial charge in [0.05, 0.1) is 18.8 Å². The molecule has 3 N–H and O–H groups in total. The zero-order chi connectivity index (χ0) is 19.0. The van der Waals surface area contributed by atoms with Crippen molar-refractivity contribution in [2.24, 2.45) is 5.73 Å². The number of carbonyl (C=O) groups is 2. The maximum atomic E-state index is 14.4. The quantitative estimate of drug-likeness (QED) is 0.784. The number of hydrogen-bond acceptors (Lipinski definition) is 6. The van der Waals surface area contributed by atoms with Crippen molar-refractivity contribution in [1.82, 2.24) is 15.5 Å². The van der Waals surface area contributed by atoms with Crippen LogP contribution in [-0.2, 0) is 4.74 Å². The van der Waals surface area contributed by atoms with E-state index in [1.807, 2.05) is 0 Å². The van der Waals surface area contributed by atoms with Gasteiger partial charge in [-0.15, -0.1) is 0 Å². The van der Waals surface area contributed by atoms with Crippen molar-refractivity contribution in [2.45, 2.75) is 13.0 Å². The number of cyclic esters (lactones) is 1. The molecule has 1 aliphatic rings. The first-order valence-corrected chi connectivity index (χ1v) is 7.27. The van der Waals surface area contributed by atoms with Crippen LogP contribution in [0.25, 0.3) is 11.5 Å². The van der Waals surface area contributed by atoms with Crippen molar-refractivity contribution >= 4 is 17.8 Å². The Balaban J connectivity index is 1.92. The molecule has 1 aromatic heterocycles. The van der Waals surface area contributed by atoms with E-state index in [4.69, 9.17) is 10.5 Å². The van der Waals surface area contributed by atoms with Gasteiger partial charge in [-0.25, -0.2) is 22.8 Å². The second-order valence-corrected chi connectivity index (χ2v) is 5.39. The predicted molar refractivity (Wildman–Crippen MR) is 79.5 cm³/mol. The van der Waals surface area contributed by atoms with E-state index in [9.17, 15) is 22.8 Å². The molecule has 1 fully saturated rings. The van der Waals surface area contributed by atoms with E-state index < -0.39 is 52.8 Å². The summed E-state index contributed by atoms with van der Waals surface area (Å²) in [7, 11) is 0. The van der Waals surface area contributed by atoms with Crippen LogP contribution in [-0.4, -0.2) is 41.5 Å². The van der Waals surface area contributed by atoms with E-state index in [2.05, 4.69) is 20.0 Å². The maximum absolute atomic E-state index is 14.4. The average molecular weight is 371 g/mol. The molecule has 0 spiro atoms. The summed E-state index contributed by atoms with van der Waals surface area (Å²) >= 11 is 0.